The number of rotatable bonds is 2. The predicted molar refractivity (Wildman–Crippen MR) is 123 cm³/mol. The zero-order valence-corrected chi connectivity index (χ0v) is 17.5. The van der Waals surface area contributed by atoms with Crippen LogP contribution in [0.3, 0.4) is 0 Å². The molecule has 1 aromatic carbocycles. The lowest BCUT2D eigenvalue weighted by atomic mass is 9.91. The molecule has 2 saturated carbocycles. The smallest absolute Gasteiger partial charge is 0.147 e. The maximum absolute atomic E-state index is 6.68. The van der Waals surface area contributed by atoms with Gasteiger partial charge in [-0.15, -0.1) is 0 Å². The van der Waals surface area contributed by atoms with Crippen LogP contribution in [0.25, 0.3) is 33.1 Å². The Morgan fingerprint density at radius 1 is 1.06 bits per heavy atom. The predicted octanol–water partition coefficient (Wildman–Crippen LogP) is 3.97. The zero-order chi connectivity index (χ0) is 21.2. The van der Waals surface area contributed by atoms with Gasteiger partial charge in [-0.25, -0.2) is 9.97 Å². The summed E-state index contributed by atoms with van der Waals surface area (Å²) >= 11 is 0. The van der Waals surface area contributed by atoms with Crippen LogP contribution in [0.4, 0.5) is 5.82 Å². The monoisotopic (exact) mass is 408 g/mol. The van der Waals surface area contributed by atoms with Crippen LogP contribution in [-0.4, -0.2) is 25.1 Å². The normalized spacial score (nSPS) is 24.6. The van der Waals surface area contributed by atoms with Crippen molar-refractivity contribution in [2.24, 2.45) is 5.73 Å². The number of hydrogen-bond acceptors (Lipinski definition) is 5. The summed E-state index contributed by atoms with van der Waals surface area (Å²) in [5.74, 6) is 6.99. The molecule has 3 aromatic heterocycles. The number of nitrogens with two attached hydrogens (primary N) is 2. The van der Waals surface area contributed by atoms with E-state index in [1.165, 1.54) is 0 Å². The summed E-state index contributed by atoms with van der Waals surface area (Å²) < 4.78 is 2.34. The molecule has 6 rings (SSSR count). The number of hydrogen-bond donors (Lipinski definition) is 2. The highest BCUT2D eigenvalue weighted by Gasteiger charge is 2.54. The molecule has 0 unspecified atom stereocenters. The van der Waals surface area contributed by atoms with Gasteiger partial charge in [0.05, 0.1) is 10.9 Å². The molecule has 6 nitrogen and oxygen atoms in total. The van der Waals surface area contributed by atoms with Gasteiger partial charge in [0.2, 0.25) is 0 Å². The highest BCUT2D eigenvalue weighted by molar-refractivity contribution is 6.04. The van der Waals surface area contributed by atoms with Gasteiger partial charge in [0.15, 0.2) is 0 Å². The molecular formula is C25H24N6. The Hall–Kier alpha value is -3.43. The summed E-state index contributed by atoms with van der Waals surface area (Å²) in [5, 5.41) is 1.93. The number of pyridine rings is 1. The average molecular weight is 409 g/mol. The van der Waals surface area contributed by atoms with Crippen LogP contribution in [-0.2, 0) is 5.54 Å². The molecule has 4 aromatic rings. The number of para-hydroxylation sites is 1. The van der Waals surface area contributed by atoms with Crippen LogP contribution in [0, 0.1) is 11.8 Å². The van der Waals surface area contributed by atoms with Crippen LogP contribution in [0.15, 0.2) is 42.9 Å². The second-order valence-electron chi connectivity index (χ2n) is 9.07. The molecule has 0 amide bonds. The lowest BCUT2D eigenvalue weighted by Gasteiger charge is -2.30. The Morgan fingerprint density at radius 3 is 2.61 bits per heavy atom. The number of benzene rings is 1. The van der Waals surface area contributed by atoms with Gasteiger partial charge in [-0.2, -0.15) is 0 Å². The molecule has 2 aliphatic carbocycles. The lowest BCUT2D eigenvalue weighted by molar-refractivity contribution is 0.296. The Balaban J connectivity index is 1.72. The zero-order valence-electron chi connectivity index (χ0n) is 17.5. The molecule has 0 spiro atoms. The number of fused-ring (bicyclic) bond motifs is 4. The van der Waals surface area contributed by atoms with Gasteiger partial charge in [-0.3, -0.25) is 4.98 Å². The van der Waals surface area contributed by atoms with Crippen LogP contribution < -0.4 is 11.5 Å². The van der Waals surface area contributed by atoms with E-state index in [0.29, 0.717) is 5.82 Å². The van der Waals surface area contributed by atoms with Crippen LogP contribution >= 0.6 is 0 Å². The largest absolute Gasteiger partial charge is 0.383 e. The van der Waals surface area contributed by atoms with E-state index in [0.717, 1.165) is 70.9 Å². The van der Waals surface area contributed by atoms with E-state index in [4.69, 9.17) is 21.4 Å². The fourth-order valence-corrected chi connectivity index (χ4v) is 5.85. The molecule has 31 heavy (non-hydrogen) atoms. The SMILES string of the molecule is CC#Cc1c(-c2cnc3ccccc3c2)c2c(N)ncnc2n1C12CCC(N)(CC1)C2. The van der Waals surface area contributed by atoms with E-state index in [1.807, 2.05) is 31.3 Å². The van der Waals surface area contributed by atoms with Crippen molar-refractivity contribution in [2.75, 3.05) is 5.73 Å². The summed E-state index contributed by atoms with van der Waals surface area (Å²) in [5.41, 5.74) is 17.7. The van der Waals surface area contributed by atoms with Crippen LogP contribution in [0.2, 0.25) is 0 Å². The molecule has 3 heterocycles. The lowest BCUT2D eigenvalue weighted by Crippen LogP contribution is -2.33. The van der Waals surface area contributed by atoms with E-state index in [-0.39, 0.29) is 11.1 Å². The third-order valence-corrected chi connectivity index (χ3v) is 7.23. The van der Waals surface area contributed by atoms with Crippen molar-refractivity contribution in [2.45, 2.75) is 50.1 Å². The summed E-state index contributed by atoms with van der Waals surface area (Å²) in [4.78, 5) is 13.7. The molecule has 154 valence electrons. The van der Waals surface area contributed by atoms with Crippen molar-refractivity contribution in [1.82, 2.24) is 19.5 Å². The van der Waals surface area contributed by atoms with E-state index in [1.54, 1.807) is 6.33 Å². The minimum Gasteiger partial charge on any atom is -0.383 e. The Bertz CT molecular complexity index is 1410. The summed E-state index contributed by atoms with van der Waals surface area (Å²) in [6, 6.07) is 10.3. The molecule has 4 N–H and O–H groups in total. The van der Waals surface area contributed by atoms with Gasteiger partial charge in [-0.05, 0) is 57.1 Å². The van der Waals surface area contributed by atoms with Crippen molar-refractivity contribution in [1.29, 1.82) is 0 Å². The molecular weight excluding hydrogens is 384 g/mol. The molecule has 2 fully saturated rings. The van der Waals surface area contributed by atoms with Gasteiger partial charge in [0, 0.05) is 33.8 Å². The number of aromatic nitrogens is 4. The first-order chi connectivity index (χ1) is 15.0. The maximum Gasteiger partial charge on any atom is 0.147 e. The van der Waals surface area contributed by atoms with E-state index in [9.17, 15) is 0 Å². The second kappa shape index (κ2) is 6.29. The first-order valence-electron chi connectivity index (χ1n) is 10.8. The van der Waals surface area contributed by atoms with Gasteiger partial charge >= 0.3 is 0 Å². The Kier molecular flexibility index (Phi) is 3.72. The maximum atomic E-state index is 6.68. The van der Waals surface area contributed by atoms with Crippen molar-refractivity contribution in [3.8, 4) is 23.0 Å². The highest BCUT2D eigenvalue weighted by atomic mass is 15.2. The van der Waals surface area contributed by atoms with Crippen molar-refractivity contribution in [3.63, 3.8) is 0 Å². The standard InChI is InChI=1S/C25H24N6/c1-2-5-19-20(17-12-16-6-3-4-7-18(16)28-13-17)21-22(26)29-15-30-23(21)31(19)25-10-8-24(27,14-25)9-11-25/h3-4,6-7,12-13,15H,8-11,14,27H2,1H3,(H2,26,29,30). The highest BCUT2D eigenvalue weighted by Crippen LogP contribution is 2.56. The molecule has 0 atom stereocenters. The van der Waals surface area contributed by atoms with Crippen molar-refractivity contribution in [3.05, 3.63) is 48.5 Å². The van der Waals surface area contributed by atoms with E-state index >= 15 is 0 Å². The minimum atomic E-state index is -0.0866. The van der Waals surface area contributed by atoms with E-state index < -0.39 is 0 Å². The fraction of sp³-hybridized carbons (Fsp3) is 0.320. The second-order valence-corrected chi connectivity index (χ2v) is 9.07. The summed E-state index contributed by atoms with van der Waals surface area (Å²) in [6.07, 6.45) is 8.52. The quantitative estimate of drug-likeness (QED) is 0.489. The third-order valence-electron chi connectivity index (χ3n) is 7.23. The Morgan fingerprint density at radius 2 is 1.87 bits per heavy atom. The summed E-state index contributed by atoms with van der Waals surface area (Å²) in [7, 11) is 0. The number of nitrogen functional groups attached to an aromatic ring is 1. The molecule has 2 aliphatic rings. The molecule has 0 aliphatic heterocycles. The fourth-order valence-electron chi connectivity index (χ4n) is 5.85. The van der Waals surface area contributed by atoms with Gasteiger partial charge in [-0.1, -0.05) is 24.1 Å². The van der Waals surface area contributed by atoms with Gasteiger partial charge < -0.3 is 16.0 Å². The Labute approximate surface area is 180 Å². The van der Waals surface area contributed by atoms with Crippen LogP contribution in [0.5, 0.6) is 0 Å². The van der Waals surface area contributed by atoms with Gasteiger partial charge in [0.1, 0.15) is 23.5 Å². The molecule has 6 heteroatoms. The number of nitrogens with zero attached hydrogens (tertiary/aromatic N) is 4. The van der Waals surface area contributed by atoms with Crippen molar-refractivity contribution >= 4 is 27.8 Å². The summed E-state index contributed by atoms with van der Waals surface area (Å²) in [6.45, 7) is 1.87. The van der Waals surface area contributed by atoms with Crippen molar-refractivity contribution < 1.29 is 0 Å². The molecule has 2 bridgehead atoms. The van der Waals surface area contributed by atoms with Crippen LogP contribution in [0.1, 0.15) is 44.7 Å². The first kappa shape index (κ1) is 18.3. The molecule has 0 saturated heterocycles. The number of anilines is 1. The van der Waals surface area contributed by atoms with Gasteiger partial charge in [0.25, 0.3) is 0 Å². The average Bonchev–Trinajstić information content (AvgIpc) is 3.41. The first-order valence-corrected chi connectivity index (χ1v) is 10.8. The topological polar surface area (TPSA) is 95.6 Å². The minimum absolute atomic E-state index is 0.0739. The van der Waals surface area contributed by atoms with E-state index in [2.05, 4.69) is 33.5 Å². The third kappa shape index (κ3) is 2.53. The molecule has 0 radical (unpaired) electrons.